The van der Waals surface area contributed by atoms with E-state index >= 15 is 0 Å². The molecule has 2 aliphatic rings. The van der Waals surface area contributed by atoms with Gasteiger partial charge >= 0.3 is 12.3 Å². The Kier molecular flexibility index (Phi) is 7.71. The van der Waals surface area contributed by atoms with Crippen LogP contribution in [-0.2, 0) is 15.7 Å². The van der Waals surface area contributed by atoms with Crippen LogP contribution in [-0.4, -0.2) is 67.8 Å². The molecule has 2 aromatic heterocycles. The summed E-state index contributed by atoms with van der Waals surface area (Å²) in [6.07, 6.45) is -4.73. The van der Waals surface area contributed by atoms with E-state index in [1.165, 1.54) is 0 Å². The van der Waals surface area contributed by atoms with E-state index in [4.69, 9.17) is 16.3 Å². The lowest BCUT2D eigenvalue weighted by Crippen LogP contribution is -2.51. The molecule has 11 nitrogen and oxygen atoms in total. The number of aromatic nitrogens is 4. The third kappa shape index (κ3) is 5.68. The normalized spacial score (nSPS) is 19.3. The molecule has 2 atom stereocenters. The molecule has 4 heterocycles. The Bertz CT molecular complexity index is 1630. The van der Waals surface area contributed by atoms with Gasteiger partial charge in [-0.25, -0.2) is 4.79 Å². The molecule has 16 heteroatoms. The quantitative estimate of drug-likeness (QED) is 0.413. The molecule has 226 valence electrons. The highest BCUT2D eigenvalue weighted by molar-refractivity contribution is 9.10. The molecular weight excluding hydrogens is 647 g/mol. The lowest BCUT2D eigenvalue weighted by Gasteiger charge is -2.37. The maximum atomic E-state index is 13.7. The van der Waals surface area contributed by atoms with Gasteiger partial charge in [0.15, 0.2) is 0 Å². The van der Waals surface area contributed by atoms with Gasteiger partial charge in [-0.1, -0.05) is 18.5 Å². The van der Waals surface area contributed by atoms with Crippen molar-refractivity contribution < 1.29 is 27.5 Å². The van der Waals surface area contributed by atoms with Crippen LogP contribution in [0.2, 0.25) is 5.02 Å². The molecule has 1 saturated heterocycles. The number of benzene rings is 1. The molecule has 0 spiro atoms. The van der Waals surface area contributed by atoms with E-state index in [9.17, 15) is 27.6 Å². The van der Waals surface area contributed by atoms with Gasteiger partial charge < -0.3 is 19.9 Å². The number of nitrogens with one attached hydrogen (secondary N) is 1. The van der Waals surface area contributed by atoms with Gasteiger partial charge in [0.2, 0.25) is 16.4 Å². The van der Waals surface area contributed by atoms with E-state index in [1.807, 2.05) is 11.8 Å². The molecule has 0 radical (unpaired) electrons. The summed E-state index contributed by atoms with van der Waals surface area (Å²) in [5.74, 6) is -0.662. The summed E-state index contributed by atoms with van der Waals surface area (Å²) in [4.78, 5) is 47.7. The van der Waals surface area contributed by atoms with E-state index in [-0.39, 0.29) is 27.1 Å². The Labute approximate surface area is 251 Å². The predicted octanol–water partition coefficient (Wildman–Crippen LogP) is 5.07. The van der Waals surface area contributed by atoms with Crippen LogP contribution in [0.4, 0.5) is 29.3 Å². The van der Waals surface area contributed by atoms with Crippen molar-refractivity contribution in [3.05, 3.63) is 49.6 Å². The standard InChI is InChI=1S/C26H28BrClF3N7O4/c1-13-11-17(20(39)32-16-6-5-14(12-15(16)28)26(29,30)31)37-18(13)19(21(40)38-23(37)33-22(27)34-38)35-7-9-36(10-8-35)24(41)42-25(2,3)4/h5-6,12-13,17H,7-11H2,1-4H3,(H,32,39)/t13-,17+/m0/s1. The van der Waals surface area contributed by atoms with Gasteiger partial charge in [-0.05, 0) is 61.3 Å². The number of halogens is 5. The van der Waals surface area contributed by atoms with Gasteiger partial charge in [-0.3, -0.25) is 14.2 Å². The number of fused-ring (bicyclic) bond motifs is 3. The Morgan fingerprint density at radius 1 is 1.14 bits per heavy atom. The van der Waals surface area contributed by atoms with Gasteiger partial charge in [0.1, 0.15) is 17.3 Å². The topological polar surface area (TPSA) is 114 Å². The Morgan fingerprint density at radius 2 is 1.81 bits per heavy atom. The van der Waals surface area contributed by atoms with E-state index in [1.54, 1.807) is 30.2 Å². The van der Waals surface area contributed by atoms with Crippen LogP contribution in [0.5, 0.6) is 0 Å². The number of hydrogen-bond acceptors (Lipinski definition) is 7. The number of hydrogen-bond donors (Lipinski definition) is 1. The number of carbonyl (C=O) groups is 2. The first-order chi connectivity index (χ1) is 19.5. The smallest absolute Gasteiger partial charge is 0.416 e. The minimum absolute atomic E-state index is 0.0222. The number of rotatable bonds is 3. The highest BCUT2D eigenvalue weighted by Crippen LogP contribution is 2.42. The third-order valence-corrected chi connectivity index (χ3v) is 7.79. The minimum Gasteiger partial charge on any atom is -0.444 e. The summed E-state index contributed by atoms with van der Waals surface area (Å²) in [6, 6.07) is 1.83. The lowest BCUT2D eigenvalue weighted by atomic mass is 10.0. The Balaban J connectivity index is 1.48. The van der Waals surface area contributed by atoms with Crippen LogP contribution in [0.1, 0.15) is 57.3 Å². The summed E-state index contributed by atoms with van der Waals surface area (Å²) in [7, 11) is 0. The number of alkyl halides is 3. The zero-order valence-electron chi connectivity index (χ0n) is 23.1. The van der Waals surface area contributed by atoms with Crippen molar-refractivity contribution in [1.29, 1.82) is 0 Å². The number of piperazine rings is 1. The summed E-state index contributed by atoms with van der Waals surface area (Å²) in [5.41, 5.74) is -1.05. The van der Waals surface area contributed by atoms with Crippen molar-refractivity contribution >= 4 is 56.7 Å². The van der Waals surface area contributed by atoms with Gasteiger partial charge in [0, 0.05) is 32.1 Å². The van der Waals surface area contributed by atoms with Crippen LogP contribution < -0.4 is 15.8 Å². The lowest BCUT2D eigenvalue weighted by molar-refractivity contribution is -0.137. The van der Waals surface area contributed by atoms with E-state index in [2.05, 4.69) is 31.3 Å². The highest BCUT2D eigenvalue weighted by Gasteiger charge is 2.41. The fourth-order valence-corrected chi connectivity index (χ4v) is 5.85. The fraction of sp³-hybridized carbons (Fsp3) is 0.500. The van der Waals surface area contributed by atoms with E-state index in [0.717, 1.165) is 22.7 Å². The minimum atomic E-state index is -4.58. The van der Waals surface area contributed by atoms with Crippen molar-refractivity contribution in [2.45, 2.75) is 57.9 Å². The van der Waals surface area contributed by atoms with E-state index in [0.29, 0.717) is 44.0 Å². The second-order valence-corrected chi connectivity index (χ2v) is 12.4. The summed E-state index contributed by atoms with van der Waals surface area (Å²) < 4.78 is 47.7. The van der Waals surface area contributed by atoms with Crippen LogP contribution in [0.15, 0.2) is 27.7 Å². The third-order valence-electron chi connectivity index (χ3n) is 7.14. The largest absolute Gasteiger partial charge is 0.444 e. The van der Waals surface area contributed by atoms with Gasteiger partial charge in [0.25, 0.3) is 5.56 Å². The number of anilines is 2. The number of carbonyl (C=O) groups excluding carboxylic acids is 2. The van der Waals surface area contributed by atoms with Gasteiger partial charge in [0.05, 0.1) is 22.0 Å². The van der Waals surface area contributed by atoms with Crippen LogP contribution >= 0.6 is 27.5 Å². The summed E-state index contributed by atoms with van der Waals surface area (Å²) in [6.45, 7) is 8.56. The first-order valence-electron chi connectivity index (χ1n) is 13.2. The van der Waals surface area contributed by atoms with Crippen LogP contribution in [0.25, 0.3) is 5.78 Å². The highest BCUT2D eigenvalue weighted by atomic mass is 79.9. The fourth-order valence-electron chi connectivity index (χ4n) is 5.30. The second kappa shape index (κ2) is 10.7. The van der Waals surface area contributed by atoms with E-state index < -0.39 is 40.9 Å². The molecule has 1 aromatic carbocycles. The summed E-state index contributed by atoms with van der Waals surface area (Å²) in [5, 5.41) is 6.57. The van der Waals surface area contributed by atoms with Crippen molar-refractivity contribution in [3.63, 3.8) is 0 Å². The van der Waals surface area contributed by atoms with Crippen LogP contribution in [0, 0.1) is 0 Å². The average molecular weight is 675 g/mol. The SMILES string of the molecule is C[C@H]1C[C@H](C(=O)Nc2ccc(C(F)(F)F)cc2Cl)n2c1c(N1CCN(C(=O)OC(C)(C)C)CC1)c(=O)n1nc(Br)nc21. The molecule has 0 unspecified atom stereocenters. The molecule has 5 rings (SSSR count). The number of nitrogens with zero attached hydrogens (tertiary/aromatic N) is 6. The molecule has 42 heavy (non-hydrogen) atoms. The molecule has 0 aliphatic carbocycles. The summed E-state index contributed by atoms with van der Waals surface area (Å²) >= 11 is 9.31. The predicted molar refractivity (Wildman–Crippen MR) is 152 cm³/mol. The molecule has 0 saturated carbocycles. The molecule has 2 aliphatic heterocycles. The van der Waals surface area contributed by atoms with Crippen molar-refractivity contribution in [3.8, 4) is 0 Å². The molecule has 1 fully saturated rings. The molecule has 3 aromatic rings. The number of ether oxygens (including phenoxy) is 1. The monoisotopic (exact) mass is 673 g/mol. The molecule has 0 bridgehead atoms. The Morgan fingerprint density at radius 3 is 2.40 bits per heavy atom. The molecule has 1 N–H and O–H groups in total. The van der Waals surface area contributed by atoms with Crippen LogP contribution in [0.3, 0.4) is 0 Å². The average Bonchev–Trinajstić information content (AvgIpc) is 3.44. The zero-order valence-corrected chi connectivity index (χ0v) is 25.5. The van der Waals surface area contributed by atoms with Crippen molar-refractivity contribution in [1.82, 2.24) is 24.1 Å². The number of amides is 2. The maximum absolute atomic E-state index is 13.7. The second-order valence-electron chi connectivity index (χ2n) is 11.3. The first-order valence-corrected chi connectivity index (χ1v) is 14.3. The maximum Gasteiger partial charge on any atom is 0.416 e. The van der Waals surface area contributed by atoms with Crippen molar-refractivity contribution in [2.75, 3.05) is 36.4 Å². The Hall–Kier alpha value is -3.33. The molecular formula is C26H28BrClF3N7O4. The first kappa shape index (κ1) is 30.1. The molecule has 2 amide bonds. The van der Waals surface area contributed by atoms with Gasteiger partial charge in [-0.15, -0.1) is 5.10 Å². The zero-order chi connectivity index (χ0) is 30.7. The van der Waals surface area contributed by atoms with Gasteiger partial charge in [-0.2, -0.15) is 22.7 Å². The van der Waals surface area contributed by atoms with Crippen molar-refractivity contribution in [2.24, 2.45) is 0 Å².